The predicted octanol–water partition coefficient (Wildman–Crippen LogP) is 2.75. The van der Waals surface area contributed by atoms with E-state index in [1.807, 2.05) is 31.7 Å². The first kappa shape index (κ1) is 16.0. The first-order valence-corrected chi connectivity index (χ1v) is 8.41. The minimum atomic E-state index is -0.232. The van der Waals surface area contributed by atoms with Crippen molar-refractivity contribution in [1.29, 1.82) is 0 Å². The molecule has 3 rings (SSSR count). The second-order valence-electron chi connectivity index (χ2n) is 8.02. The molecule has 0 bridgehead atoms. The molecule has 1 aromatic carbocycles. The number of carbonyl (C=O) groups is 2. The fourth-order valence-corrected chi connectivity index (χ4v) is 3.42. The Morgan fingerprint density at radius 3 is 2.52 bits per heavy atom. The monoisotopic (exact) mass is 314 g/mol. The lowest BCUT2D eigenvalue weighted by Crippen LogP contribution is -2.44. The molecule has 124 valence electrons. The van der Waals surface area contributed by atoms with Crippen molar-refractivity contribution in [1.82, 2.24) is 10.2 Å². The van der Waals surface area contributed by atoms with Crippen LogP contribution in [0, 0.1) is 12.8 Å². The van der Waals surface area contributed by atoms with Gasteiger partial charge in [0.15, 0.2) is 0 Å². The predicted molar refractivity (Wildman–Crippen MR) is 89.8 cm³/mol. The molecule has 1 atom stereocenters. The highest BCUT2D eigenvalue weighted by Gasteiger charge is 2.48. The molecule has 4 nitrogen and oxygen atoms in total. The number of nitrogens with zero attached hydrogens (tertiary/aromatic N) is 1. The Kier molecular flexibility index (Phi) is 3.74. The smallest absolute Gasteiger partial charge is 0.226 e. The van der Waals surface area contributed by atoms with Crippen LogP contribution in [0.4, 0.5) is 0 Å². The van der Waals surface area contributed by atoms with Gasteiger partial charge >= 0.3 is 0 Å². The van der Waals surface area contributed by atoms with E-state index in [1.54, 1.807) is 0 Å². The third-order valence-corrected chi connectivity index (χ3v) is 4.99. The second-order valence-corrected chi connectivity index (χ2v) is 8.02. The highest BCUT2D eigenvalue weighted by atomic mass is 16.2. The van der Waals surface area contributed by atoms with E-state index in [2.05, 4.69) is 30.4 Å². The zero-order valence-corrected chi connectivity index (χ0v) is 14.5. The number of rotatable bonds is 3. The summed E-state index contributed by atoms with van der Waals surface area (Å²) >= 11 is 0. The summed E-state index contributed by atoms with van der Waals surface area (Å²) < 4.78 is 0. The van der Waals surface area contributed by atoms with E-state index in [0.717, 1.165) is 12.8 Å². The Labute approximate surface area is 138 Å². The highest BCUT2D eigenvalue weighted by Crippen LogP contribution is 2.46. The van der Waals surface area contributed by atoms with Gasteiger partial charge in [-0.15, -0.1) is 0 Å². The minimum Gasteiger partial charge on any atom is -0.346 e. The van der Waals surface area contributed by atoms with Crippen molar-refractivity contribution < 1.29 is 9.59 Å². The molecule has 0 spiro atoms. The fraction of sp³-hybridized carbons (Fsp3) is 0.579. The van der Waals surface area contributed by atoms with Crippen LogP contribution in [0.25, 0.3) is 0 Å². The maximum absolute atomic E-state index is 12.7. The minimum absolute atomic E-state index is 0.0177. The van der Waals surface area contributed by atoms with Gasteiger partial charge in [0.05, 0.1) is 11.5 Å². The zero-order chi connectivity index (χ0) is 16.8. The van der Waals surface area contributed by atoms with Gasteiger partial charge in [-0.05, 0) is 46.1 Å². The van der Waals surface area contributed by atoms with Crippen LogP contribution in [0.3, 0.4) is 0 Å². The molecule has 1 saturated heterocycles. The molecule has 4 heteroatoms. The lowest BCUT2D eigenvalue weighted by atomic mass is 10.0. The molecular weight excluding hydrogens is 288 g/mol. The van der Waals surface area contributed by atoms with Gasteiger partial charge in [0.1, 0.15) is 0 Å². The summed E-state index contributed by atoms with van der Waals surface area (Å²) in [5.74, 6) is -0.133. The summed E-state index contributed by atoms with van der Waals surface area (Å²) in [5.41, 5.74) is 1.96. The van der Waals surface area contributed by atoms with Crippen LogP contribution in [0.15, 0.2) is 24.3 Å². The average molecular weight is 314 g/mol. The molecule has 0 radical (unpaired) electrons. The van der Waals surface area contributed by atoms with Crippen LogP contribution in [-0.4, -0.2) is 28.8 Å². The Bertz CT molecular complexity index is 641. The van der Waals surface area contributed by atoms with Gasteiger partial charge in [0.25, 0.3) is 0 Å². The van der Waals surface area contributed by atoms with Crippen molar-refractivity contribution in [2.45, 2.75) is 58.0 Å². The van der Waals surface area contributed by atoms with Crippen LogP contribution in [0.5, 0.6) is 0 Å². The number of nitrogens with one attached hydrogen (secondary N) is 1. The number of likely N-dealkylation sites (tertiary alicyclic amines) is 1. The summed E-state index contributed by atoms with van der Waals surface area (Å²) in [7, 11) is 0. The Morgan fingerprint density at radius 2 is 2.00 bits per heavy atom. The zero-order valence-electron chi connectivity index (χ0n) is 14.5. The normalized spacial score (nSPS) is 23.0. The Balaban J connectivity index is 1.70. The van der Waals surface area contributed by atoms with Crippen LogP contribution in [-0.2, 0) is 15.1 Å². The second kappa shape index (κ2) is 5.36. The van der Waals surface area contributed by atoms with Crippen molar-refractivity contribution in [3.8, 4) is 0 Å². The maximum atomic E-state index is 12.7. The number of carbonyl (C=O) groups excluding carboxylic acids is 2. The fourth-order valence-electron chi connectivity index (χ4n) is 3.42. The average Bonchev–Trinajstić information content (AvgIpc) is 3.11. The van der Waals surface area contributed by atoms with Crippen LogP contribution >= 0.6 is 0 Å². The van der Waals surface area contributed by atoms with Gasteiger partial charge in [-0.25, -0.2) is 0 Å². The van der Waals surface area contributed by atoms with E-state index in [1.165, 1.54) is 11.1 Å². The van der Waals surface area contributed by atoms with Gasteiger partial charge in [-0.1, -0.05) is 29.8 Å². The lowest BCUT2D eigenvalue weighted by Gasteiger charge is -2.32. The Hall–Kier alpha value is -1.84. The molecule has 1 aliphatic heterocycles. The number of aryl methyl sites for hydroxylation is 1. The maximum Gasteiger partial charge on any atom is 0.226 e. The molecule has 1 aromatic rings. The summed E-state index contributed by atoms with van der Waals surface area (Å²) in [6.45, 7) is 8.64. The Morgan fingerprint density at radius 1 is 1.30 bits per heavy atom. The number of amides is 2. The van der Waals surface area contributed by atoms with E-state index in [4.69, 9.17) is 0 Å². The van der Waals surface area contributed by atoms with E-state index in [9.17, 15) is 9.59 Å². The van der Waals surface area contributed by atoms with Crippen LogP contribution in [0.1, 0.15) is 51.2 Å². The molecule has 1 heterocycles. The number of benzene rings is 1. The van der Waals surface area contributed by atoms with Crippen molar-refractivity contribution in [3.63, 3.8) is 0 Å². The van der Waals surface area contributed by atoms with E-state index in [0.29, 0.717) is 13.0 Å². The molecule has 2 aliphatic rings. The van der Waals surface area contributed by atoms with Gasteiger partial charge in [0, 0.05) is 18.5 Å². The number of hydrogen-bond acceptors (Lipinski definition) is 2. The lowest BCUT2D eigenvalue weighted by molar-refractivity contribution is -0.132. The quantitative estimate of drug-likeness (QED) is 0.932. The molecule has 1 aliphatic carbocycles. The molecule has 2 amide bonds. The summed E-state index contributed by atoms with van der Waals surface area (Å²) in [4.78, 5) is 26.7. The molecule has 1 N–H and O–H groups in total. The van der Waals surface area contributed by atoms with Gasteiger partial charge in [-0.3, -0.25) is 9.59 Å². The standard InChI is InChI=1S/C19H26N2O2/c1-13-6-5-7-15(10-13)19(8-9-19)20-17(23)14-11-16(22)21(12-14)18(2,3)4/h5-7,10,14H,8-9,11-12H2,1-4H3,(H,20,23). The van der Waals surface area contributed by atoms with Gasteiger partial charge in [0.2, 0.25) is 11.8 Å². The van der Waals surface area contributed by atoms with E-state index < -0.39 is 0 Å². The molecule has 0 aromatic heterocycles. The summed E-state index contributed by atoms with van der Waals surface area (Å²) in [5, 5.41) is 3.23. The molecule has 1 saturated carbocycles. The van der Waals surface area contributed by atoms with Crippen LogP contribution in [0.2, 0.25) is 0 Å². The van der Waals surface area contributed by atoms with Gasteiger partial charge < -0.3 is 10.2 Å². The van der Waals surface area contributed by atoms with E-state index >= 15 is 0 Å². The summed E-state index contributed by atoms with van der Waals surface area (Å²) in [6.07, 6.45) is 2.28. The topological polar surface area (TPSA) is 49.4 Å². The third-order valence-electron chi connectivity index (χ3n) is 4.99. The van der Waals surface area contributed by atoms with E-state index in [-0.39, 0.29) is 28.8 Å². The largest absolute Gasteiger partial charge is 0.346 e. The highest BCUT2D eigenvalue weighted by molar-refractivity contribution is 5.90. The molecule has 1 unspecified atom stereocenters. The van der Waals surface area contributed by atoms with Crippen LogP contribution < -0.4 is 5.32 Å². The van der Waals surface area contributed by atoms with Crippen molar-refractivity contribution >= 4 is 11.8 Å². The first-order valence-electron chi connectivity index (χ1n) is 8.41. The van der Waals surface area contributed by atoms with Crippen molar-refractivity contribution in [3.05, 3.63) is 35.4 Å². The molecular formula is C19H26N2O2. The SMILES string of the molecule is Cc1cccc(C2(NC(=O)C3CC(=O)N(C(C)(C)C)C3)CC2)c1. The third kappa shape index (κ3) is 3.12. The van der Waals surface area contributed by atoms with Gasteiger partial charge in [-0.2, -0.15) is 0 Å². The van der Waals surface area contributed by atoms with Crippen molar-refractivity contribution in [2.75, 3.05) is 6.54 Å². The summed E-state index contributed by atoms with van der Waals surface area (Å²) in [6, 6.07) is 8.34. The molecule has 2 fully saturated rings. The molecule has 23 heavy (non-hydrogen) atoms. The number of hydrogen-bond donors (Lipinski definition) is 1. The first-order chi connectivity index (χ1) is 10.7. The van der Waals surface area contributed by atoms with Crippen molar-refractivity contribution in [2.24, 2.45) is 5.92 Å².